The molecule has 0 radical (unpaired) electrons. The van der Waals surface area contributed by atoms with Crippen molar-refractivity contribution in [1.82, 2.24) is 10.3 Å². The van der Waals surface area contributed by atoms with Crippen LogP contribution in [-0.2, 0) is 16.0 Å². The van der Waals surface area contributed by atoms with Crippen LogP contribution < -0.4 is 10.6 Å². The van der Waals surface area contributed by atoms with Crippen LogP contribution in [0, 0.1) is 12.7 Å². The van der Waals surface area contributed by atoms with Gasteiger partial charge in [0.25, 0.3) is 0 Å². The van der Waals surface area contributed by atoms with Crippen molar-refractivity contribution < 1.29 is 14.0 Å². The molecule has 2 rings (SSSR count). The van der Waals surface area contributed by atoms with Crippen LogP contribution in [0.5, 0.6) is 0 Å². The standard InChI is InChI=1S/C14H14FN3O2S/c1-9-8-10(2-3-11(9)15)18-14(20)13(19)17-5-4-12-16-6-7-21-12/h2-3,6-8H,4-5H2,1H3,(H,17,19)(H,18,20). The van der Waals surface area contributed by atoms with Gasteiger partial charge in [0.2, 0.25) is 0 Å². The van der Waals surface area contributed by atoms with Crippen LogP contribution in [0.25, 0.3) is 0 Å². The number of hydrogen-bond donors (Lipinski definition) is 2. The fourth-order valence-electron chi connectivity index (χ4n) is 1.65. The molecule has 2 aromatic rings. The summed E-state index contributed by atoms with van der Waals surface area (Å²) in [6, 6.07) is 4.12. The van der Waals surface area contributed by atoms with Gasteiger partial charge in [-0.2, -0.15) is 0 Å². The topological polar surface area (TPSA) is 71.1 Å². The average Bonchev–Trinajstić information content (AvgIpc) is 2.96. The number of aryl methyl sites for hydroxylation is 1. The molecular formula is C14H14FN3O2S. The average molecular weight is 307 g/mol. The van der Waals surface area contributed by atoms with Gasteiger partial charge in [-0.15, -0.1) is 11.3 Å². The molecule has 0 fully saturated rings. The Morgan fingerprint density at radius 1 is 1.33 bits per heavy atom. The molecule has 0 saturated carbocycles. The number of nitrogens with one attached hydrogen (secondary N) is 2. The van der Waals surface area contributed by atoms with Gasteiger partial charge in [0, 0.05) is 30.2 Å². The van der Waals surface area contributed by atoms with Crippen LogP contribution in [0.2, 0.25) is 0 Å². The molecule has 1 aromatic heterocycles. The minimum absolute atomic E-state index is 0.336. The van der Waals surface area contributed by atoms with Crippen LogP contribution in [0.1, 0.15) is 10.6 Å². The van der Waals surface area contributed by atoms with Gasteiger partial charge in [0.15, 0.2) is 0 Å². The Morgan fingerprint density at radius 3 is 2.81 bits per heavy atom. The van der Waals surface area contributed by atoms with Crippen molar-refractivity contribution in [3.63, 3.8) is 0 Å². The van der Waals surface area contributed by atoms with Crippen LogP contribution in [0.3, 0.4) is 0 Å². The largest absolute Gasteiger partial charge is 0.347 e. The molecule has 7 heteroatoms. The first-order chi connectivity index (χ1) is 10.1. The zero-order chi connectivity index (χ0) is 15.2. The number of thiazole rings is 1. The van der Waals surface area contributed by atoms with E-state index >= 15 is 0 Å². The van der Waals surface area contributed by atoms with Gasteiger partial charge >= 0.3 is 11.8 Å². The molecule has 0 bridgehead atoms. The molecule has 2 amide bonds. The number of amides is 2. The number of anilines is 1. The third-order valence-electron chi connectivity index (χ3n) is 2.73. The Bertz CT molecular complexity index is 644. The summed E-state index contributed by atoms with van der Waals surface area (Å²) in [5.74, 6) is -1.87. The van der Waals surface area contributed by atoms with E-state index in [2.05, 4.69) is 15.6 Å². The number of benzene rings is 1. The maximum atomic E-state index is 13.1. The zero-order valence-corrected chi connectivity index (χ0v) is 12.2. The number of aromatic nitrogens is 1. The normalized spacial score (nSPS) is 10.2. The lowest BCUT2D eigenvalue weighted by molar-refractivity contribution is -0.136. The summed E-state index contributed by atoms with van der Waals surface area (Å²) in [4.78, 5) is 27.4. The van der Waals surface area contributed by atoms with E-state index in [9.17, 15) is 14.0 Å². The van der Waals surface area contributed by atoms with E-state index in [0.29, 0.717) is 24.2 Å². The van der Waals surface area contributed by atoms with E-state index in [-0.39, 0.29) is 5.82 Å². The fourth-order valence-corrected chi connectivity index (χ4v) is 2.27. The highest BCUT2D eigenvalue weighted by Crippen LogP contribution is 2.13. The van der Waals surface area contributed by atoms with Crippen molar-refractivity contribution in [2.75, 3.05) is 11.9 Å². The number of carbonyl (C=O) groups is 2. The number of nitrogens with zero attached hydrogens (tertiary/aromatic N) is 1. The van der Waals surface area contributed by atoms with E-state index in [4.69, 9.17) is 0 Å². The van der Waals surface area contributed by atoms with Crippen LogP contribution in [0.4, 0.5) is 10.1 Å². The molecular weight excluding hydrogens is 293 g/mol. The van der Waals surface area contributed by atoms with Crippen LogP contribution >= 0.6 is 11.3 Å². The van der Waals surface area contributed by atoms with Gasteiger partial charge in [0.1, 0.15) is 5.82 Å². The van der Waals surface area contributed by atoms with Crippen molar-refractivity contribution in [3.05, 3.63) is 46.2 Å². The monoisotopic (exact) mass is 307 g/mol. The molecule has 0 spiro atoms. The predicted molar refractivity (Wildman–Crippen MR) is 78.6 cm³/mol. The molecule has 0 aliphatic heterocycles. The van der Waals surface area contributed by atoms with Gasteiger partial charge in [0.05, 0.1) is 5.01 Å². The van der Waals surface area contributed by atoms with E-state index in [1.807, 2.05) is 5.38 Å². The Hall–Kier alpha value is -2.28. The molecule has 0 unspecified atom stereocenters. The summed E-state index contributed by atoms with van der Waals surface area (Å²) in [5, 5.41) is 7.67. The molecule has 0 aliphatic rings. The first-order valence-corrected chi connectivity index (χ1v) is 7.18. The molecule has 21 heavy (non-hydrogen) atoms. The summed E-state index contributed by atoms with van der Waals surface area (Å²) >= 11 is 1.49. The van der Waals surface area contributed by atoms with E-state index in [1.165, 1.54) is 29.5 Å². The maximum Gasteiger partial charge on any atom is 0.313 e. The smallest absolute Gasteiger partial charge is 0.313 e. The lowest BCUT2D eigenvalue weighted by Crippen LogP contribution is -2.36. The summed E-state index contributed by atoms with van der Waals surface area (Å²) in [7, 11) is 0. The lowest BCUT2D eigenvalue weighted by Gasteiger charge is -2.07. The molecule has 0 atom stereocenters. The van der Waals surface area contributed by atoms with Gasteiger partial charge in [-0.05, 0) is 30.7 Å². The third kappa shape index (κ3) is 4.35. The molecule has 2 N–H and O–H groups in total. The first-order valence-electron chi connectivity index (χ1n) is 6.30. The molecule has 1 heterocycles. The van der Waals surface area contributed by atoms with Crippen molar-refractivity contribution in [3.8, 4) is 0 Å². The van der Waals surface area contributed by atoms with E-state index < -0.39 is 11.8 Å². The second-order valence-electron chi connectivity index (χ2n) is 4.35. The quantitative estimate of drug-likeness (QED) is 0.847. The first kappa shape index (κ1) is 15.1. The minimum Gasteiger partial charge on any atom is -0.347 e. The zero-order valence-electron chi connectivity index (χ0n) is 11.4. The lowest BCUT2D eigenvalue weighted by atomic mass is 10.2. The molecule has 0 saturated heterocycles. The Morgan fingerprint density at radius 2 is 2.14 bits per heavy atom. The van der Waals surface area contributed by atoms with Gasteiger partial charge in [-0.1, -0.05) is 0 Å². The van der Waals surface area contributed by atoms with Gasteiger partial charge in [-0.25, -0.2) is 9.37 Å². The highest BCUT2D eigenvalue weighted by Gasteiger charge is 2.13. The third-order valence-corrected chi connectivity index (χ3v) is 3.57. The summed E-state index contributed by atoms with van der Waals surface area (Å²) < 4.78 is 13.1. The van der Waals surface area contributed by atoms with E-state index in [0.717, 1.165) is 5.01 Å². The number of carbonyl (C=O) groups excluding carboxylic acids is 2. The number of halogens is 1. The molecule has 0 aliphatic carbocycles. The summed E-state index contributed by atoms with van der Waals surface area (Å²) in [6.07, 6.45) is 2.26. The minimum atomic E-state index is -0.778. The van der Waals surface area contributed by atoms with Crippen LogP contribution in [0.15, 0.2) is 29.8 Å². The Balaban J connectivity index is 1.81. The van der Waals surface area contributed by atoms with Crippen molar-refractivity contribution in [2.24, 2.45) is 0 Å². The summed E-state index contributed by atoms with van der Waals surface area (Å²) in [5.41, 5.74) is 0.783. The summed E-state index contributed by atoms with van der Waals surface area (Å²) in [6.45, 7) is 1.92. The fraction of sp³-hybridized carbons (Fsp3) is 0.214. The Kier molecular flexibility index (Phi) is 4.99. The van der Waals surface area contributed by atoms with Crippen molar-refractivity contribution >= 4 is 28.8 Å². The van der Waals surface area contributed by atoms with Gasteiger partial charge in [-0.3, -0.25) is 9.59 Å². The highest BCUT2D eigenvalue weighted by molar-refractivity contribution is 7.09. The van der Waals surface area contributed by atoms with Crippen molar-refractivity contribution in [2.45, 2.75) is 13.3 Å². The second kappa shape index (κ2) is 6.94. The predicted octanol–water partition coefficient (Wildman–Crippen LogP) is 1.89. The molecule has 110 valence electrons. The van der Waals surface area contributed by atoms with Gasteiger partial charge < -0.3 is 10.6 Å². The molecule has 1 aromatic carbocycles. The van der Waals surface area contributed by atoms with Crippen LogP contribution in [-0.4, -0.2) is 23.3 Å². The second-order valence-corrected chi connectivity index (χ2v) is 5.33. The number of hydrogen-bond acceptors (Lipinski definition) is 4. The Labute approximate surface area is 125 Å². The van der Waals surface area contributed by atoms with Crippen molar-refractivity contribution in [1.29, 1.82) is 0 Å². The highest BCUT2D eigenvalue weighted by atomic mass is 32.1. The van der Waals surface area contributed by atoms with E-state index in [1.54, 1.807) is 13.1 Å². The molecule has 5 nitrogen and oxygen atoms in total. The SMILES string of the molecule is Cc1cc(NC(=O)C(=O)NCCc2nccs2)ccc1F. The number of rotatable bonds is 4. The maximum absolute atomic E-state index is 13.1.